The molecule has 1 saturated carbocycles. The SMILES string of the molecule is Cc1cc2ncn(-c3cccc(-c4nncn4C(C)C)n3)c(=O)c2cc1-n1cnc(C2CC2)c1. The van der Waals surface area contributed by atoms with E-state index in [0.29, 0.717) is 34.2 Å². The van der Waals surface area contributed by atoms with Gasteiger partial charge in [-0.3, -0.25) is 9.36 Å². The molecule has 1 aliphatic carbocycles. The van der Waals surface area contributed by atoms with Crippen molar-refractivity contribution in [3.63, 3.8) is 0 Å². The van der Waals surface area contributed by atoms with Gasteiger partial charge >= 0.3 is 0 Å². The van der Waals surface area contributed by atoms with Gasteiger partial charge in [0, 0.05) is 18.2 Å². The molecule has 0 N–H and O–H groups in total. The first kappa shape index (κ1) is 20.5. The molecule has 9 heteroatoms. The highest BCUT2D eigenvalue weighted by atomic mass is 16.1. The number of nitrogens with zero attached hydrogens (tertiary/aromatic N) is 8. The second kappa shape index (κ2) is 7.72. The number of hydrogen-bond donors (Lipinski definition) is 0. The van der Waals surface area contributed by atoms with Crippen LogP contribution >= 0.6 is 0 Å². The maximum atomic E-state index is 13.5. The largest absolute Gasteiger partial charge is 0.310 e. The quantitative estimate of drug-likeness (QED) is 0.400. The lowest BCUT2D eigenvalue weighted by atomic mass is 10.1. The standard InChI is InChI=1S/C25H24N8O/c1-15(2)32-14-28-30-24(32)19-5-4-6-23(29-19)33-13-27-20-9-16(3)22(10-18(20)25(33)34)31-11-21(26-12-31)17-7-8-17/h4-6,9-15,17H,7-8H2,1-3H3. The van der Waals surface area contributed by atoms with Gasteiger partial charge in [0.1, 0.15) is 24.2 Å². The molecular weight excluding hydrogens is 428 g/mol. The van der Waals surface area contributed by atoms with Crippen molar-refractivity contribution in [2.45, 2.75) is 45.6 Å². The molecule has 4 aromatic heterocycles. The van der Waals surface area contributed by atoms with Crippen molar-refractivity contribution in [1.82, 2.24) is 38.9 Å². The molecule has 1 aliphatic rings. The monoisotopic (exact) mass is 452 g/mol. The molecule has 0 saturated heterocycles. The van der Waals surface area contributed by atoms with Gasteiger partial charge in [-0.2, -0.15) is 0 Å². The molecule has 1 aromatic carbocycles. The van der Waals surface area contributed by atoms with E-state index in [9.17, 15) is 4.79 Å². The minimum atomic E-state index is -0.177. The summed E-state index contributed by atoms with van der Waals surface area (Å²) >= 11 is 0. The van der Waals surface area contributed by atoms with Crippen LogP contribution in [0.3, 0.4) is 0 Å². The summed E-state index contributed by atoms with van der Waals surface area (Å²) in [6.45, 7) is 6.14. The van der Waals surface area contributed by atoms with E-state index in [1.54, 1.807) is 12.4 Å². The molecule has 170 valence electrons. The van der Waals surface area contributed by atoms with Crippen LogP contribution in [0.25, 0.3) is 33.9 Å². The lowest BCUT2D eigenvalue weighted by molar-refractivity contribution is 0.603. The molecule has 4 heterocycles. The van der Waals surface area contributed by atoms with Crippen LogP contribution in [0.2, 0.25) is 0 Å². The summed E-state index contributed by atoms with van der Waals surface area (Å²) in [5.41, 5.74) is 4.19. The van der Waals surface area contributed by atoms with E-state index < -0.39 is 0 Å². The number of aryl methyl sites for hydroxylation is 1. The lowest BCUT2D eigenvalue weighted by Gasteiger charge is -2.12. The molecular formula is C25H24N8O. The van der Waals surface area contributed by atoms with Crippen LogP contribution in [0, 0.1) is 6.92 Å². The van der Waals surface area contributed by atoms with Gasteiger partial charge in [-0.05, 0) is 63.4 Å². The summed E-state index contributed by atoms with van der Waals surface area (Å²) in [7, 11) is 0. The number of benzene rings is 1. The molecule has 9 nitrogen and oxygen atoms in total. The Morgan fingerprint density at radius 3 is 2.71 bits per heavy atom. The highest BCUT2D eigenvalue weighted by molar-refractivity contribution is 5.81. The minimum absolute atomic E-state index is 0.177. The topological polar surface area (TPSA) is 96.3 Å². The Hall–Kier alpha value is -4.14. The first-order valence-corrected chi connectivity index (χ1v) is 11.4. The van der Waals surface area contributed by atoms with Gasteiger partial charge in [0.05, 0.1) is 28.6 Å². The molecule has 34 heavy (non-hydrogen) atoms. The van der Waals surface area contributed by atoms with Gasteiger partial charge < -0.3 is 9.13 Å². The zero-order chi connectivity index (χ0) is 23.4. The number of hydrogen-bond acceptors (Lipinski definition) is 6. The Balaban J connectivity index is 1.45. The molecule has 1 fully saturated rings. The van der Waals surface area contributed by atoms with Crippen molar-refractivity contribution < 1.29 is 0 Å². The van der Waals surface area contributed by atoms with Crippen molar-refractivity contribution in [3.8, 4) is 23.0 Å². The lowest BCUT2D eigenvalue weighted by Crippen LogP contribution is -2.20. The van der Waals surface area contributed by atoms with Crippen molar-refractivity contribution >= 4 is 10.9 Å². The third kappa shape index (κ3) is 3.40. The molecule has 0 atom stereocenters. The molecule has 0 spiro atoms. The zero-order valence-electron chi connectivity index (χ0n) is 19.3. The normalized spacial score (nSPS) is 13.8. The highest BCUT2D eigenvalue weighted by Crippen LogP contribution is 2.39. The second-order valence-corrected chi connectivity index (χ2v) is 9.09. The summed E-state index contributed by atoms with van der Waals surface area (Å²) in [6, 6.07) is 9.55. The third-order valence-electron chi connectivity index (χ3n) is 6.29. The van der Waals surface area contributed by atoms with E-state index in [2.05, 4.69) is 40.2 Å². The average Bonchev–Trinajstić information content (AvgIpc) is 3.35. The van der Waals surface area contributed by atoms with Crippen LogP contribution in [0.1, 0.15) is 49.9 Å². The fourth-order valence-electron chi connectivity index (χ4n) is 4.25. The zero-order valence-corrected chi connectivity index (χ0v) is 19.3. The van der Waals surface area contributed by atoms with Gasteiger partial charge in [0.2, 0.25) is 0 Å². The first-order valence-electron chi connectivity index (χ1n) is 11.4. The number of rotatable bonds is 5. The number of pyridine rings is 1. The first-order chi connectivity index (χ1) is 16.5. The molecule has 5 aromatic rings. The van der Waals surface area contributed by atoms with Crippen LogP contribution < -0.4 is 5.56 Å². The maximum Gasteiger partial charge on any atom is 0.267 e. The van der Waals surface area contributed by atoms with Crippen molar-refractivity contribution in [3.05, 3.63) is 77.1 Å². The summed E-state index contributed by atoms with van der Waals surface area (Å²) in [4.78, 5) is 27.4. The van der Waals surface area contributed by atoms with Crippen molar-refractivity contribution in [1.29, 1.82) is 0 Å². The smallest absolute Gasteiger partial charge is 0.267 e. The summed E-state index contributed by atoms with van der Waals surface area (Å²) in [5, 5.41) is 8.79. The molecule has 6 rings (SSSR count). The molecule has 0 unspecified atom stereocenters. The Bertz CT molecular complexity index is 1590. The van der Waals surface area contributed by atoms with Gasteiger partial charge in [-0.15, -0.1) is 10.2 Å². The number of fused-ring (bicyclic) bond motifs is 1. The molecule has 0 amide bonds. The van der Waals surface area contributed by atoms with E-state index >= 15 is 0 Å². The van der Waals surface area contributed by atoms with Gasteiger partial charge in [-0.1, -0.05) is 6.07 Å². The van der Waals surface area contributed by atoms with E-state index in [4.69, 9.17) is 4.98 Å². The van der Waals surface area contributed by atoms with Crippen molar-refractivity contribution in [2.24, 2.45) is 0 Å². The summed E-state index contributed by atoms with van der Waals surface area (Å²) < 4.78 is 5.42. The fraction of sp³-hybridized carbons (Fsp3) is 0.280. The van der Waals surface area contributed by atoms with Gasteiger partial charge in [0.15, 0.2) is 5.82 Å². The maximum absolute atomic E-state index is 13.5. The van der Waals surface area contributed by atoms with E-state index in [0.717, 1.165) is 16.9 Å². The van der Waals surface area contributed by atoms with Crippen molar-refractivity contribution in [2.75, 3.05) is 0 Å². The Kier molecular flexibility index (Phi) is 4.65. The van der Waals surface area contributed by atoms with Crippen LogP contribution in [-0.2, 0) is 0 Å². The Morgan fingerprint density at radius 2 is 1.91 bits per heavy atom. The predicted molar refractivity (Wildman–Crippen MR) is 128 cm³/mol. The number of aromatic nitrogens is 8. The van der Waals surface area contributed by atoms with Crippen LogP contribution in [0.4, 0.5) is 0 Å². The second-order valence-electron chi connectivity index (χ2n) is 9.09. The molecule has 0 aliphatic heterocycles. The Morgan fingerprint density at radius 1 is 1.06 bits per heavy atom. The van der Waals surface area contributed by atoms with Gasteiger partial charge in [-0.25, -0.2) is 15.0 Å². The number of imidazole rings is 1. The minimum Gasteiger partial charge on any atom is -0.310 e. The van der Waals surface area contributed by atoms with Crippen LogP contribution in [0.5, 0.6) is 0 Å². The van der Waals surface area contributed by atoms with Crippen LogP contribution in [-0.4, -0.2) is 38.9 Å². The van der Waals surface area contributed by atoms with E-state index in [1.165, 1.54) is 23.7 Å². The van der Waals surface area contributed by atoms with E-state index in [1.807, 2.05) is 46.7 Å². The highest BCUT2D eigenvalue weighted by Gasteiger charge is 2.26. The predicted octanol–water partition coefficient (Wildman–Crippen LogP) is 3.99. The average molecular weight is 453 g/mol. The van der Waals surface area contributed by atoms with E-state index in [-0.39, 0.29) is 11.6 Å². The van der Waals surface area contributed by atoms with Crippen LogP contribution in [0.15, 0.2) is 60.3 Å². The third-order valence-corrected chi connectivity index (χ3v) is 6.29. The summed E-state index contributed by atoms with van der Waals surface area (Å²) in [5.74, 6) is 1.71. The molecule has 0 bridgehead atoms. The fourth-order valence-corrected chi connectivity index (χ4v) is 4.25. The molecule has 0 radical (unpaired) electrons. The van der Waals surface area contributed by atoms with Gasteiger partial charge in [0.25, 0.3) is 5.56 Å². The Labute approximate surface area is 195 Å². The summed E-state index contributed by atoms with van der Waals surface area (Å²) in [6.07, 6.45) is 9.51.